The smallest absolute Gasteiger partial charge is 0.246 e. The van der Waals surface area contributed by atoms with E-state index in [0.717, 1.165) is 22.5 Å². The van der Waals surface area contributed by atoms with Gasteiger partial charge in [-0.3, -0.25) is 9.59 Å². The van der Waals surface area contributed by atoms with Crippen molar-refractivity contribution >= 4 is 29.5 Å². The molecule has 0 saturated carbocycles. The van der Waals surface area contributed by atoms with Crippen molar-refractivity contribution in [1.29, 1.82) is 0 Å². The molecule has 0 unspecified atom stereocenters. The third kappa shape index (κ3) is 5.15. The lowest BCUT2D eigenvalue weighted by Gasteiger charge is -2.17. The molecule has 0 aliphatic heterocycles. The largest absolute Gasteiger partial charge is 0.347 e. The first-order valence-electron chi connectivity index (χ1n) is 9.39. The van der Waals surface area contributed by atoms with E-state index >= 15 is 0 Å². The van der Waals surface area contributed by atoms with Crippen LogP contribution >= 0.6 is 11.6 Å². The zero-order valence-electron chi connectivity index (χ0n) is 17.1. The number of carbonyl (C=O) groups excluding carboxylic acids is 2. The lowest BCUT2D eigenvalue weighted by Crippen LogP contribution is -2.36. The minimum atomic E-state index is -0.264. The fourth-order valence-corrected chi connectivity index (χ4v) is 2.89. The van der Waals surface area contributed by atoms with Gasteiger partial charge in [-0.15, -0.1) is 0 Å². The Morgan fingerprint density at radius 2 is 1.70 bits per heavy atom. The Morgan fingerprint density at radius 3 is 2.33 bits per heavy atom. The first kappa shape index (κ1) is 21.3. The van der Waals surface area contributed by atoms with Crippen LogP contribution in [0.4, 0.5) is 0 Å². The van der Waals surface area contributed by atoms with Crippen molar-refractivity contribution in [3.05, 3.63) is 77.5 Å². The fourth-order valence-electron chi connectivity index (χ4n) is 2.76. The van der Waals surface area contributed by atoms with E-state index in [1.807, 2.05) is 48.7 Å². The minimum absolute atomic E-state index is 0.0174. The predicted octanol–water partition coefficient (Wildman–Crippen LogP) is 3.75. The van der Waals surface area contributed by atoms with Crippen LogP contribution in [0.25, 0.3) is 23.0 Å². The van der Waals surface area contributed by atoms with E-state index in [1.54, 1.807) is 44.0 Å². The van der Waals surface area contributed by atoms with Crippen LogP contribution in [-0.4, -0.2) is 59.1 Å². The third-order valence-electron chi connectivity index (χ3n) is 4.53. The maximum absolute atomic E-state index is 12.5. The van der Waals surface area contributed by atoms with Crippen molar-refractivity contribution in [2.75, 3.05) is 27.7 Å². The maximum Gasteiger partial charge on any atom is 0.246 e. The molecule has 0 saturated heterocycles. The molecule has 3 aromatic rings. The highest BCUT2D eigenvalue weighted by atomic mass is 35.5. The van der Waals surface area contributed by atoms with Crippen LogP contribution in [0.5, 0.6) is 0 Å². The monoisotopic (exact) mass is 422 g/mol. The Hall–Kier alpha value is -3.38. The number of aromatic nitrogens is 2. The summed E-state index contributed by atoms with van der Waals surface area (Å²) in [5, 5.41) is 5.35. The lowest BCUT2D eigenvalue weighted by atomic mass is 10.1. The summed E-state index contributed by atoms with van der Waals surface area (Å²) in [6.07, 6.45) is 5.04. The Morgan fingerprint density at radius 1 is 1.03 bits per heavy atom. The number of hydrogen-bond acceptors (Lipinski definition) is 3. The molecule has 0 bridgehead atoms. The van der Waals surface area contributed by atoms with Gasteiger partial charge >= 0.3 is 0 Å². The van der Waals surface area contributed by atoms with Crippen LogP contribution in [0.2, 0.25) is 5.02 Å². The van der Waals surface area contributed by atoms with Crippen LogP contribution < -0.4 is 0 Å². The molecule has 7 heteroatoms. The standard InChI is InChI=1S/C23H23ClN4O2/c1-26(2)22(30)16-27(3)21(29)14-11-18-15-28(20-7-5-4-6-8-20)25-23(18)17-9-12-19(24)13-10-17/h4-15H,16H2,1-3H3/b14-11+. The van der Waals surface area contributed by atoms with E-state index in [1.165, 1.54) is 15.9 Å². The van der Waals surface area contributed by atoms with E-state index in [4.69, 9.17) is 16.7 Å². The molecule has 1 heterocycles. The summed E-state index contributed by atoms with van der Waals surface area (Å²) in [5.41, 5.74) is 3.30. The molecule has 30 heavy (non-hydrogen) atoms. The molecule has 1 aromatic heterocycles. The summed E-state index contributed by atoms with van der Waals surface area (Å²) in [4.78, 5) is 27.1. The molecule has 0 radical (unpaired) electrons. The number of likely N-dealkylation sites (N-methyl/N-ethyl adjacent to an activating group) is 2. The summed E-state index contributed by atoms with van der Waals surface area (Å²) in [6, 6.07) is 17.1. The summed E-state index contributed by atoms with van der Waals surface area (Å²) < 4.78 is 1.77. The van der Waals surface area contributed by atoms with Gasteiger partial charge in [-0.1, -0.05) is 41.9 Å². The van der Waals surface area contributed by atoms with Gasteiger partial charge in [0, 0.05) is 49.6 Å². The van der Waals surface area contributed by atoms with Crippen molar-refractivity contribution < 1.29 is 9.59 Å². The lowest BCUT2D eigenvalue weighted by molar-refractivity contribution is -0.135. The molecule has 6 nitrogen and oxygen atoms in total. The van der Waals surface area contributed by atoms with Crippen LogP contribution in [0.15, 0.2) is 66.9 Å². The van der Waals surface area contributed by atoms with Gasteiger partial charge in [0.05, 0.1) is 17.9 Å². The zero-order valence-corrected chi connectivity index (χ0v) is 17.9. The average molecular weight is 423 g/mol. The molecule has 0 atom stereocenters. The van der Waals surface area contributed by atoms with Crippen molar-refractivity contribution in [3.63, 3.8) is 0 Å². The third-order valence-corrected chi connectivity index (χ3v) is 4.79. The van der Waals surface area contributed by atoms with Gasteiger partial charge in [0.1, 0.15) is 0 Å². The fraction of sp³-hybridized carbons (Fsp3) is 0.174. The second-order valence-electron chi connectivity index (χ2n) is 7.04. The molecule has 2 aromatic carbocycles. The SMILES string of the molecule is CN(C)C(=O)CN(C)C(=O)/C=C/c1cn(-c2ccccc2)nc1-c1ccc(Cl)cc1. The number of amides is 2. The van der Waals surface area contributed by atoms with Gasteiger partial charge in [0.2, 0.25) is 11.8 Å². The molecule has 0 aliphatic carbocycles. The number of para-hydroxylation sites is 1. The highest BCUT2D eigenvalue weighted by Crippen LogP contribution is 2.26. The summed E-state index contributed by atoms with van der Waals surface area (Å²) in [5.74, 6) is -0.405. The van der Waals surface area contributed by atoms with Crippen molar-refractivity contribution in [2.45, 2.75) is 0 Å². The first-order valence-corrected chi connectivity index (χ1v) is 9.77. The summed E-state index contributed by atoms with van der Waals surface area (Å²) in [6.45, 7) is 0.0174. The van der Waals surface area contributed by atoms with Gasteiger partial charge in [0.15, 0.2) is 0 Å². The van der Waals surface area contributed by atoms with Gasteiger partial charge in [0.25, 0.3) is 0 Å². The van der Waals surface area contributed by atoms with Crippen molar-refractivity contribution in [2.24, 2.45) is 0 Å². The first-order chi connectivity index (χ1) is 14.3. The average Bonchev–Trinajstić information content (AvgIpc) is 3.17. The van der Waals surface area contributed by atoms with Crippen LogP contribution in [0.1, 0.15) is 5.56 Å². The summed E-state index contributed by atoms with van der Waals surface area (Å²) in [7, 11) is 4.92. The van der Waals surface area contributed by atoms with E-state index in [2.05, 4.69) is 0 Å². The van der Waals surface area contributed by atoms with Crippen molar-refractivity contribution in [1.82, 2.24) is 19.6 Å². The number of benzene rings is 2. The van der Waals surface area contributed by atoms with E-state index < -0.39 is 0 Å². The maximum atomic E-state index is 12.5. The van der Waals surface area contributed by atoms with Gasteiger partial charge in [-0.2, -0.15) is 5.10 Å². The molecular weight excluding hydrogens is 400 g/mol. The van der Waals surface area contributed by atoms with Crippen LogP contribution in [0, 0.1) is 0 Å². The molecule has 0 fully saturated rings. The Bertz CT molecular complexity index is 1060. The van der Waals surface area contributed by atoms with Gasteiger partial charge in [-0.25, -0.2) is 4.68 Å². The van der Waals surface area contributed by atoms with Crippen LogP contribution in [-0.2, 0) is 9.59 Å². The number of halogens is 1. The number of carbonyl (C=O) groups is 2. The van der Waals surface area contributed by atoms with Gasteiger partial charge < -0.3 is 9.80 Å². The van der Waals surface area contributed by atoms with E-state index in [9.17, 15) is 9.59 Å². The molecule has 3 rings (SSSR count). The number of hydrogen-bond donors (Lipinski definition) is 0. The Kier molecular flexibility index (Phi) is 6.69. The Labute approximate surface area is 181 Å². The number of nitrogens with zero attached hydrogens (tertiary/aromatic N) is 4. The minimum Gasteiger partial charge on any atom is -0.347 e. The highest BCUT2D eigenvalue weighted by molar-refractivity contribution is 6.30. The number of rotatable bonds is 6. The quantitative estimate of drug-likeness (QED) is 0.568. The summed E-state index contributed by atoms with van der Waals surface area (Å²) >= 11 is 6.02. The van der Waals surface area contributed by atoms with E-state index in [-0.39, 0.29) is 18.4 Å². The van der Waals surface area contributed by atoms with Crippen molar-refractivity contribution in [3.8, 4) is 16.9 Å². The highest BCUT2D eigenvalue weighted by Gasteiger charge is 2.14. The molecular formula is C23H23ClN4O2. The molecule has 154 valence electrons. The molecule has 0 aliphatic rings. The topological polar surface area (TPSA) is 58.4 Å². The predicted molar refractivity (Wildman–Crippen MR) is 119 cm³/mol. The normalized spacial score (nSPS) is 10.9. The second-order valence-corrected chi connectivity index (χ2v) is 7.47. The zero-order chi connectivity index (χ0) is 21.7. The van der Waals surface area contributed by atoms with Gasteiger partial charge in [-0.05, 0) is 30.3 Å². The Balaban J connectivity index is 1.91. The van der Waals surface area contributed by atoms with E-state index in [0.29, 0.717) is 5.02 Å². The van der Waals surface area contributed by atoms with Crippen LogP contribution in [0.3, 0.4) is 0 Å². The second kappa shape index (κ2) is 9.41. The molecule has 0 spiro atoms. The molecule has 2 amide bonds. The molecule has 0 N–H and O–H groups in total.